The Bertz CT molecular complexity index is 11.6. The van der Waals surface area contributed by atoms with Crippen LogP contribution in [0.2, 0.25) is 0 Å². The Morgan fingerprint density at radius 1 is 1.25 bits per heavy atom. The molecule has 0 spiro atoms. The highest BCUT2D eigenvalue weighted by Crippen LogP contribution is 1.87. The number of alkyl halides is 3. The smallest absolute Gasteiger partial charge is 0.174 e. The van der Waals surface area contributed by atoms with E-state index in [1.807, 2.05) is 0 Å². The maximum Gasteiger partial charge on any atom is 1.00 e. The Balaban J connectivity index is 0. The van der Waals surface area contributed by atoms with Crippen LogP contribution in [0.25, 0.3) is 0 Å². The first-order chi connectivity index (χ1) is 1.73. The van der Waals surface area contributed by atoms with Gasteiger partial charge < -0.3 is 0 Å². The van der Waals surface area contributed by atoms with Gasteiger partial charge in [-0.15, -0.1) is 0 Å². The van der Waals surface area contributed by atoms with Gasteiger partial charge in [-0.25, -0.2) is 0 Å². The van der Waals surface area contributed by atoms with Crippen molar-refractivity contribution in [2.75, 3.05) is 0 Å². The highest BCUT2D eigenvalue weighted by molar-refractivity contribution is 3.83. The molecule has 26 valence electrons. The fourth-order valence-corrected chi connectivity index (χ4v) is 0. The Morgan fingerprint density at radius 2 is 1.25 bits per heavy atom. The van der Waals surface area contributed by atoms with Gasteiger partial charge in [-0.05, 0) is 0 Å². The molecule has 0 aromatic carbocycles. The Kier molecular flexibility index (Phi) is 1.09. The second kappa shape index (κ2) is 1.15. The first-order valence-electron chi connectivity index (χ1n) is 0.655. The van der Waals surface area contributed by atoms with Crippen LogP contribution in [0.5, 0.6) is 0 Å². The molecular formula is CH2F3+. The molecule has 0 N–H and O–H groups in total. The molecule has 0 atom stereocenters. The maximum absolute atomic E-state index is 9.67. The molecule has 0 aromatic heterocycles. The summed E-state index contributed by atoms with van der Waals surface area (Å²) in [6, 6.07) is 0. The van der Waals surface area contributed by atoms with Crippen LogP contribution in [0.1, 0.15) is 1.43 Å². The summed E-state index contributed by atoms with van der Waals surface area (Å²) in [5, 5.41) is 0. The topological polar surface area (TPSA) is 0 Å². The first-order valence-corrected chi connectivity index (χ1v) is 0.655. The van der Waals surface area contributed by atoms with E-state index >= 15 is 0 Å². The van der Waals surface area contributed by atoms with Crippen LogP contribution in [0, 0.1) is 0 Å². The van der Waals surface area contributed by atoms with Crippen molar-refractivity contribution in [2.45, 2.75) is 6.68 Å². The molecule has 0 saturated heterocycles. The molecule has 0 aliphatic carbocycles. The molecule has 4 heavy (non-hydrogen) atoms. The summed E-state index contributed by atoms with van der Waals surface area (Å²) in [6.45, 7) is -3.67. The predicted octanol–water partition coefficient (Wildman–Crippen LogP) is 1.29. The summed E-state index contributed by atoms with van der Waals surface area (Å²) in [5.74, 6) is 0. The number of hydrogen-bond acceptors (Lipinski definition) is 0. The Hall–Kier alpha value is -0.210. The molecule has 0 aromatic rings. The van der Waals surface area contributed by atoms with Crippen molar-refractivity contribution in [3.05, 3.63) is 0 Å². The lowest BCUT2D eigenvalue weighted by Gasteiger charge is -1.65. The summed E-state index contributed by atoms with van der Waals surface area (Å²) < 4.78 is 29.0. The van der Waals surface area contributed by atoms with Gasteiger partial charge in [0.1, 0.15) is 0 Å². The molecule has 0 rings (SSSR count). The summed E-state index contributed by atoms with van der Waals surface area (Å²) in [7, 11) is 0. The minimum atomic E-state index is -3.67. The highest BCUT2D eigenvalue weighted by Gasteiger charge is 1.86. The summed E-state index contributed by atoms with van der Waals surface area (Å²) in [5.41, 5.74) is 0. The van der Waals surface area contributed by atoms with Gasteiger partial charge in [0.25, 0.3) is 0 Å². The van der Waals surface area contributed by atoms with Gasteiger partial charge in [0.2, 0.25) is 0 Å². The van der Waals surface area contributed by atoms with Crippen molar-refractivity contribution >= 4 is 0 Å². The van der Waals surface area contributed by atoms with Crippen molar-refractivity contribution in [3.63, 3.8) is 0 Å². The molecular weight excluding hydrogens is 69.0 g/mol. The van der Waals surface area contributed by atoms with Crippen molar-refractivity contribution in [1.82, 2.24) is 0 Å². The minimum Gasteiger partial charge on any atom is -0.174 e. The van der Waals surface area contributed by atoms with Crippen LogP contribution >= 0.6 is 0 Å². The normalized spacial score (nSPS) is 9.00. The van der Waals surface area contributed by atoms with Crippen LogP contribution in [0.4, 0.5) is 13.2 Å². The molecule has 0 saturated carbocycles. The van der Waals surface area contributed by atoms with E-state index in [2.05, 4.69) is 0 Å². The first kappa shape index (κ1) is 3.79. The zero-order chi connectivity index (χ0) is 3.58. The average molecular weight is 71.0 g/mol. The predicted molar refractivity (Wildman–Crippen MR) is 8.22 cm³/mol. The molecule has 0 aliphatic heterocycles. The number of halogens is 3. The zero-order valence-corrected chi connectivity index (χ0v) is 1.71. The van der Waals surface area contributed by atoms with Gasteiger partial charge in [-0.2, -0.15) is 13.2 Å². The molecule has 0 nitrogen and oxygen atoms in total. The summed E-state index contributed by atoms with van der Waals surface area (Å²) in [4.78, 5) is 0. The lowest BCUT2D eigenvalue weighted by atomic mass is 11.6. The third-order valence-electron chi connectivity index (χ3n) is 0. The highest BCUT2D eigenvalue weighted by atomic mass is 19.4. The molecule has 0 fully saturated rings. The van der Waals surface area contributed by atoms with Crippen molar-refractivity contribution in [1.29, 1.82) is 0 Å². The third-order valence-corrected chi connectivity index (χ3v) is 0. The third kappa shape index (κ3) is 25.3. The Labute approximate surface area is 22.7 Å². The molecule has 0 bridgehead atoms. The van der Waals surface area contributed by atoms with Crippen LogP contribution in [-0.2, 0) is 0 Å². The van der Waals surface area contributed by atoms with Crippen LogP contribution in [0.15, 0.2) is 0 Å². The van der Waals surface area contributed by atoms with E-state index < -0.39 is 6.68 Å². The quantitative estimate of drug-likeness (QED) is 0.403. The number of rotatable bonds is 0. The van der Waals surface area contributed by atoms with E-state index in [0.29, 0.717) is 0 Å². The largest absolute Gasteiger partial charge is 1.00 e. The van der Waals surface area contributed by atoms with Gasteiger partial charge in [0.15, 0.2) is 0 Å². The van der Waals surface area contributed by atoms with Crippen molar-refractivity contribution < 1.29 is 14.6 Å². The van der Waals surface area contributed by atoms with Crippen molar-refractivity contribution in [2.24, 2.45) is 0 Å². The van der Waals surface area contributed by atoms with Gasteiger partial charge in [-0.3, -0.25) is 0 Å². The van der Waals surface area contributed by atoms with Crippen LogP contribution in [-0.4, -0.2) is 6.68 Å². The molecule has 3 heteroatoms. The maximum atomic E-state index is 9.67. The number of hydrogen-bond donors (Lipinski definition) is 0. The van der Waals surface area contributed by atoms with E-state index in [-0.39, 0.29) is 1.43 Å². The lowest BCUT2D eigenvalue weighted by molar-refractivity contribution is 0.00820. The molecule has 0 radical (unpaired) electrons. The lowest BCUT2D eigenvalue weighted by Crippen LogP contribution is -1.65. The Morgan fingerprint density at radius 3 is 1.25 bits per heavy atom. The van der Waals surface area contributed by atoms with Gasteiger partial charge in [0, 0.05) is 0 Å². The standard InChI is InChI=1S/CHF3/c2-1(3)4/h1H/p+1. The van der Waals surface area contributed by atoms with Gasteiger partial charge >= 0.3 is 8.11 Å². The molecule has 0 heterocycles. The second-order valence-electron chi connectivity index (χ2n) is 0.247. The van der Waals surface area contributed by atoms with Gasteiger partial charge in [-0.1, -0.05) is 0 Å². The molecule has 0 unspecified atom stereocenters. The van der Waals surface area contributed by atoms with Crippen LogP contribution < -0.4 is 0 Å². The van der Waals surface area contributed by atoms with Crippen LogP contribution in [0.3, 0.4) is 0 Å². The fraction of sp³-hybridized carbons (Fsp3) is 1.00. The monoisotopic (exact) mass is 71.0 g/mol. The summed E-state index contributed by atoms with van der Waals surface area (Å²) in [6.07, 6.45) is 0. The SMILES string of the molecule is FC(F)F.[H+]. The molecule has 0 aliphatic rings. The average Bonchev–Trinajstić information content (AvgIpc) is 0.811. The fourth-order valence-electron chi connectivity index (χ4n) is 0. The summed E-state index contributed by atoms with van der Waals surface area (Å²) >= 11 is 0. The van der Waals surface area contributed by atoms with E-state index in [1.165, 1.54) is 0 Å². The van der Waals surface area contributed by atoms with E-state index in [1.54, 1.807) is 0 Å². The zero-order valence-electron chi connectivity index (χ0n) is 2.71. The van der Waals surface area contributed by atoms with Crippen molar-refractivity contribution in [3.8, 4) is 0 Å². The minimum absolute atomic E-state index is 0. The second-order valence-corrected chi connectivity index (χ2v) is 0.247. The van der Waals surface area contributed by atoms with E-state index in [9.17, 15) is 13.2 Å². The van der Waals surface area contributed by atoms with Gasteiger partial charge in [0.05, 0.1) is 0 Å². The van der Waals surface area contributed by atoms with E-state index in [4.69, 9.17) is 0 Å². The van der Waals surface area contributed by atoms with E-state index in [0.717, 1.165) is 0 Å². The molecule has 0 amide bonds.